The van der Waals surface area contributed by atoms with Gasteiger partial charge in [-0.2, -0.15) is 0 Å². The number of nitrogens with one attached hydrogen (secondary N) is 1. The third-order valence-electron chi connectivity index (χ3n) is 1.08. The quantitative estimate of drug-likeness (QED) is 0.272. The van der Waals surface area contributed by atoms with E-state index in [2.05, 4.69) is 18.6 Å². The van der Waals surface area contributed by atoms with Gasteiger partial charge in [0.1, 0.15) is 19.0 Å². The zero-order chi connectivity index (χ0) is 8.69. The Bertz CT molecular complexity index is 143. The molecule has 0 aromatic rings. The molecule has 1 N–H and O–H groups in total. The van der Waals surface area contributed by atoms with Crippen LogP contribution in [0.2, 0.25) is 0 Å². The highest BCUT2D eigenvalue weighted by Crippen LogP contribution is 2.03. The topological polar surface area (TPSA) is 30.5 Å². The second kappa shape index (κ2) is 5.95. The van der Waals surface area contributed by atoms with E-state index in [1.54, 1.807) is 7.05 Å². The zero-order valence-corrected chi connectivity index (χ0v) is 7.14. The molecule has 0 radical (unpaired) electrons. The Morgan fingerprint density at radius 2 is 2.00 bits per heavy atom. The average molecular weight is 157 g/mol. The van der Waals surface area contributed by atoms with Crippen molar-refractivity contribution in [3.05, 3.63) is 24.5 Å². The van der Waals surface area contributed by atoms with Gasteiger partial charge in [0.15, 0.2) is 0 Å². The van der Waals surface area contributed by atoms with Crippen LogP contribution in [0.5, 0.6) is 0 Å². The van der Waals surface area contributed by atoms with E-state index >= 15 is 0 Å². The standard InChI is InChI=1S/C8H15NO2/c1-7(2)8(3)10-5-6-11-9-4/h9H,1,3,5-6H2,2,4H3. The molecule has 0 fully saturated rings. The number of rotatable bonds is 6. The fourth-order valence-corrected chi connectivity index (χ4v) is 0.432. The second-order valence-electron chi connectivity index (χ2n) is 2.10. The Hall–Kier alpha value is -0.800. The van der Waals surface area contributed by atoms with Crippen molar-refractivity contribution in [3.63, 3.8) is 0 Å². The van der Waals surface area contributed by atoms with Crippen LogP contribution >= 0.6 is 0 Å². The molecule has 0 heterocycles. The first-order valence-electron chi connectivity index (χ1n) is 3.44. The van der Waals surface area contributed by atoms with Crippen molar-refractivity contribution in [2.45, 2.75) is 6.92 Å². The van der Waals surface area contributed by atoms with Crippen LogP contribution in [-0.4, -0.2) is 20.3 Å². The van der Waals surface area contributed by atoms with E-state index in [0.717, 1.165) is 5.57 Å². The minimum absolute atomic E-state index is 0.493. The summed E-state index contributed by atoms with van der Waals surface area (Å²) >= 11 is 0. The van der Waals surface area contributed by atoms with Crippen molar-refractivity contribution >= 4 is 0 Å². The predicted octanol–water partition coefficient (Wildman–Crippen LogP) is 1.24. The molecule has 0 aromatic carbocycles. The summed E-state index contributed by atoms with van der Waals surface area (Å²) in [5.41, 5.74) is 3.38. The summed E-state index contributed by atoms with van der Waals surface area (Å²) in [6.45, 7) is 10.2. The number of hydrogen-bond donors (Lipinski definition) is 1. The lowest BCUT2D eigenvalue weighted by atomic mass is 10.3. The molecule has 0 bridgehead atoms. The van der Waals surface area contributed by atoms with Crippen LogP contribution in [0.1, 0.15) is 6.92 Å². The molecule has 0 spiro atoms. The van der Waals surface area contributed by atoms with E-state index < -0.39 is 0 Å². The van der Waals surface area contributed by atoms with Gasteiger partial charge >= 0.3 is 0 Å². The Kier molecular flexibility index (Phi) is 5.51. The maximum atomic E-state index is 5.15. The van der Waals surface area contributed by atoms with Gasteiger partial charge in [0.25, 0.3) is 0 Å². The van der Waals surface area contributed by atoms with E-state index in [4.69, 9.17) is 9.57 Å². The molecule has 0 atom stereocenters. The summed E-state index contributed by atoms with van der Waals surface area (Å²) in [7, 11) is 1.70. The SMILES string of the molecule is C=C(C)C(=C)OCCONC. The average Bonchev–Trinajstić information content (AvgIpc) is 1.97. The Labute approximate surface area is 67.6 Å². The third-order valence-corrected chi connectivity index (χ3v) is 1.08. The Morgan fingerprint density at radius 1 is 1.36 bits per heavy atom. The summed E-state index contributed by atoms with van der Waals surface area (Å²) in [5.74, 6) is 0.615. The summed E-state index contributed by atoms with van der Waals surface area (Å²) in [6.07, 6.45) is 0. The Morgan fingerprint density at radius 3 is 2.45 bits per heavy atom. The minimum Gasteiger partial charge on any atom is -0.491 e. The normalized spacial score (nSPS) is 9.27. The lowest BCUT2D eigenvalue weighted by molar-refractivity contribution is 0.0236. The number of allylic oxidation sites excluding steroid dienone is 1. The van der Waals surface area contributed by atoms with Gasteiger partial charge in [-0.05, 0) is 12.5 Å². The lowest BCUT2D eigenvalue weighted by Gasteiger charge is -2.07. The third kappa shape index (κ3) is 5.63. The zero-order valence-electron chi connectivity index (χ0n) is 7.14. The molecule has 0 aliphatic rings. The minimum atomic E-state index is 0.493. The largest absolute Gasteiger partial charge is 0.491 e. The van der Waals surface area contributed by atoms with E-state index in [-0.39, 0.29) is 0 Å². The molecule has 0 aliphatic heterocycles. The lowest BCUT2D eigenvalue weighted by Crippen LogP contribution is -2.12. The van der Waals surface area contributed by atoms with Crippen molar-refractivity contribution in [2.75, 3.05) is 20.3 Å². The number of ether oxygens (including phenoxy) is 1. The number of hydrogen-bond acceptors (Lipinski definition) is 3. The van der Waals surface area contributed by atoms with Gasteiger partial charge in [-0.25, -0.2) is 5.48 Å². The monoisotopic (exact) mass is 157 g/mol. The van der Waals surface area contributed by atoms with Gasteiger partial charge in [0.05, 0.1) is 0 Å². The van der Waals surface area contributed by atoms with Crippen LogP contribution in [0.3, 0.4) is 0 Å². The summed E-state index contributed by atoms with van der Waals surface area (Å²) in [6, 6.07) is 0. The molecular weight excluding hydrogens is 142 g/mol. The molecule has 0 unspecified atom stereocenters. The van der Waals surface area contributed by atoms with Gasteiger partial charge in [0.2, 0.25) is 0 Å². The molecule has 0 rings (SSSR count). The van der Waals surface area contributed by atoms with E-state index in [9.17, 15) is 0 Å². The van der Waals surface area contributed by atoms with Crippen LogP contribution < -0.4 is 5.48 Å². The van der Waals surface area contributed by atoms with E-state index in [0.29, 0.717) is 19.0 Å². The highest BCUT2D eigenvalue weighted by Gasteiger charge is 1.93. The summed E-state index contributed by atoms with van der Waals surface area (Å²) < 4.78 is 5.15. The van der Waals surface area contributed by atoms with Crippen LogP contribution in [0, 0.1) is 0 Å². The first-order chi connectivity index (χ1) is 5.18. The van der Waals surface area contributed by atoms with Gasteiger partial charge < -0.3 is 4.74 Å². The molecular formula is C8H15NO2. The van der Waals surface area contributed by atoms with Crippen LogP contribution in [0.4, 0.5) is 0 Å². The van der Waals surface area contributed by atoms with Crippen molar-refractivity contribution in [3.8, 4) is 0 Å². The first-order valence-corrected chi connectivity index (χ1v) is 3.44. The molecule has 0 aromatic heterocycles. The van der Waals surface area contributed by atoms with Crippen LogP contribution in [0.25, 0.3) is 0 Å². The molecule has 11 heavy (non-hydrogen) atoms. The molecule has 64 valence electrons. The van der Waals surface area contributed by atoms with E-state index in [1.807, 2.05) is 6.92 Å². The highest BCUT2D eigenvalue weighted by atomic mass is 16.7. The van der Waals surface area contributed by atoms with Crippen molar-refractivity contribution in [1.82, 2.24) is 5.48 Å². The van der Waals surface area contributed by atoms with Gasteiger partial charge in [-0.1, -0.05) is 13.2 Å². The highest BCUT2D eigenvalue weighted by molar-refractivity contribution is 5.15. The smallest absolute Gasteiger partial charge is 0.114 e. The second-order valence-corrected chi connectivity index (χ2v) is 2.10. The van der Waals surface area contributed by atoms with Crippen molar-refractivity contribution in [2.24, 2.45) is 0 Å². The predicted molar refractivity (Wildman–Crippen MR) is 44.9 cm³/mol. The molecule has 3 nitrogen and oxygen atoms in total. The van der Waals surface area contributed by atoms with Crippen LogP contribution in [-0.2, 0) is 9.57 Å². The molecule has 0 amide bonds. The van der Waals surface area contributed by atoms with Gasteiger partial charge in [-0.15, -0.1) is 0 Å². The number of hydroxylamine groups is 1. The summed E-state index contributed by atoms with van der Waals surface area (Å²) in [5, 5.41) is 0. The molecule has 0 saturated heterocycles. The fraction of sp³-hybridized carbons (Fsp3) is 0.500. The first kappa shape index (κ1) is 10.2. The maximum Gasteiger partial charge on any atom is 0.114 e. The van der Waals surface area contributed by atoms with Crippen LogP contribution in [0.15, 0.2) is 24.5 Å². The molecule has 3 heteroatoms. The Balaban J connectivity index is 3.25. The van der Waals surface area contributed by atoms with Crippen molar-refractivity contribution < 1.29 is 9.57 Å². The van der Waals surface area contributed by atoms with Gasteiger partial charge in [0, 0.05) is 7.05 Å². The molecule has 0 aliphatic carbocycles. The maximum absolute atomic E-state index is 5.15. The van der Waals surface area contributed by atoms with E-state index in [1.165, 1.54) is 0 Å². The van der Waals surface area contributed by atoms with Crippen molar-refractivity contribution in [1.29, 1.82) is 0 Å². The molecule has 0 saturated carbocycles. The van der Waals surface area contributed by atoms with Gasteiger partial charge in [-0.3, -0.25) is 4.84 Å². The fourth-order valence-electron chi connectivity index (χ4n) is 0.432. The summed E-state index contributed by atoms with van der Waals surface area (Å²) in [4.78, 5) is 4.82.